The van der Waals surface area contributed by atoms with Gasteiger partial charge in [-0.25, -0.2) is 8.42 Å². The van der Waals surface area contributed by atoms with Crippen LogP contribution in [0.1, 0.15) is 17.2 Å². The molecule has 0 fully saturated rings. The van der Waals surface area contributed by atoms with E-state index in [4.69, 9.17) is 16.3 Å². The number of ether oxygens (including phenoxy) is 1. The first-order valence-corrected chi connectivity index (χ1v) is 9.87. The van der Waals surface area contributed by atoms with Crippen LogP contribution in [0.15, 0.2) is 77.7 Å². The van der Waals surface area contributed by atoms with Gasteiger partial charge in [0, 0.05) is 10.6 Å². The van der Waals surface area contributed by atoms with Crippen molar-refractivity contribution in [1.29, 1.82) is 0 Å². The summed E-state index contributed by atoms with van der Waals surface area (Å²) >= 11 is 6.02. The van der Waals surface area contributed by atoms with Crippen molar-refractivity contribution in [2.24, 2.45) is 0 Å². The lowest BCUT2D eigenvalue weighted by atomic mass is 9.98. The summed E-state index contributed by atoms with van der Waals surface area (Å²) in [5.41, 5.74) is 2.20. The van der Waals surface area contributed by atoms with Crippen LogP contribution >= 0.6 is 11.6 Å². The second kappa shape index (κ2) is 6.34. The largest absolute Gasteiger partial charge is 0.497 e. The highest BCUT2D eigenvalue weighted by atomic mass is 35.5. The molecule has 1 unspecified atom stereocenters. The molecule has 0 amide bonds. The van der Waals surface area contributed by atoms with Gasteiger partial charge in [0.15, 0.2) is 0 Å². The molecular weight excluding hydrogens is 370 g/mol. The third kappa shape index (κ3) is 2.64. The van der Waals surface area contributed by atoms with Gasteiger partial charge in [0.25, 0.3) is 10.0 Å². The molecule has 1 heterocycles. The van der Waals surface area contributed by atoms with Crippen LogP contribution in [0.25, 0.3) is 0 Å². The minimum Gasteiger partial charge on any atom is -0.497 e. The van der Waals surface area contributed by atoms with E-state index in [0.29, 0.717) is 21.4 Å². The molecule has 1 aliphatic heterocycles. The van der Waals surface area contributed by atoms with E-state index in [1.54, 1.807) is 55.6 Å². The Morgan fingerprint density at radius 3 is 2.23 bits per heavy atom. The van der Waals surface area contributed by atoms with Crippen LogP contribution in [0.2, 0.25) is 5.02 Å². The number of nitrogens with zero attached hydrogens (tertiary/aromatic N) is 1. The number of methoxy groups -OCH3 is 1. The number of hydrogen-bond acceptors (Lipinski definition) is 3. The van der Waals surface area contributed by atoms with Gasteiger partial charge in [-0.05, 0) is 48.0 Å². The van der Waals surface area contributed by atoms with E-state index >= 15 is 0 Å². The Balaban J connectivity index is 1.93. The molecule has 4 nitrogen and oxygen atoms in total. The maximum absolute atomic E-state index is 13.3. The molecule has 6 heteroatoms. The standard InChI is InChI=1S/C20H16ClNO3S/c1-25-17-12-10-16(11-13-17)22-20(14-6-8-15(21)9-7-14)18-4-2-3-5-19(18)26(22,23)24/h2-13,20H,1H3. The average Bonchev–Trinajstić information content (AvgIpc) is 2.90. The smallest absolute Gasteiger partial charge is 0.265 e. The van der Waals surface area contributed by atoms with Gasteiger partial charge in [-0.1, -0.05) is 41.9 Å². The van der Waals surface area contributed by atoms with E-state index in [1.807, 2.05) is 24.3 Å². The van der Waals surface area contributed by atoms with Gasteiger partial charge in [0.2, 0.25) is 0 Å². The number of fused-ring (bicyclic) bond motifs is 1. The van der Waals surface area contributed by atoms with Crippen LogP contribution in [0.5, 0.6) is 5.75 Å². The zero-order valence-corrected chi connectivity index (χ0v) is 15.5. The molecule has 0 bridgehead atoms. The van der Waals surface area contributed by atoms with Crippen LogP contribution in [0.3, 0.4) is 0 Å². The summed E-state index contributed by atoms with van der Waals surface area (Å²) < 4.78 is 33.2. The van der Waals surface area contributed by atoms with E-state index in [-0.39, 0.29) is 0 Å². The molecule has 0 saturated heterocycles. The van der Waals surface area contributed by atoms with Gasteiger partial charge in [-0.15, -0.1) is 0 Å². The first kappa shape index (κ1) is 16.9. The topological polar surface area (TPSA) is 46.6 Å². The van der Waals surface area contributed by atoms with Crippen LogP contribution in [-0.2, 0) is 10.0 Å². The summed E-state index contributed by atoms with van der Waals surface area (Å²) in [4.78, 5) is 0.329. The molecule has 1 aliphatic rings. The first-order chi connectivity index (χ1) is 12.5. The summed E-state index contributed by atoms with van der Waals surface area (Å²) in [5, 5.41) is 0.610. The van der Waals surface area contributed by atoms with Crippen molar-refractivity contribution in [3.63, 3.8) is 0 Å². The molecule has 0 aromatic heterocycles. The normalized spacial score (nSPS) is 17.8. The molecule has 3 aromatic carbocycles. The van der Waals surface area contributed by atoms with Gasteiger partial charge in [-0.2, -0.15) is 0 Å². The monoisotopic (exact) mass is 385 g/mol. The zero-order chi connectivity index (χ0) is 18.3. The Kier molecular flexibility index (Phi) is 4.13. The summed E-state index contributed by atoms with van der Waals surface area (Å²) in [6, 6.07) is 21.0. The Hall–Kier alpha value is -2.50. The molecule has 26 heavy (non-hydrogen) atoms. The second-order valence-electron chi connectivity index (χ2n) is 5.99. The Morgan fingerprint density at radius 2 is 1.58 bits per heavy atom. The Bertz CT molecular complexity index is 1050. The minimum atomic E-state index is -3.67. The van der Waals surface area contributed by atoms with Crippen LogP contribution in [0, 0.1) is 0 Å². The molecule has 0 radical (unpaired) electrons. The molecule has 132 valence electrons. The highest BCUT2D eigenvalue weighted by molar-refractivity contribution is 7.93. The van der Waals surface area contributed by atoms with E-state index in [9.17, 15) is 8.42 Å². The lowest BCUT2D eigenvalue weighted by Gasteiger charge is -2.26. The Morgan fingerprint density at radius 1 is 0.923 bits per heavy atom. The molecule has 3 aromatic rings. The van der Waals surface area contributed by atoms with Crippen molar-refractivity contribution >= 4 is 27.3 Å². The first-order valence-electron chi connectivity index (χ1n) is 8.05. The quantitative estimate of drug-likeness (QED) is 0.659. The summed E-state index contributed by atoms with van der Waals surface area (Å²) in [7, 11) is -2.09. The fourth-order valence-corrected chi connectivity index (χ4v) is 5.27. The predicted octanol–water partition coefficient (Wildman–Crippen LogP) is 4.65. The van der Waals surface area contributed by atoms with Crippen LogP contribution in [-0.4, -0.2) is 15.5 Å². The number of benzene rings is 3. The molecule has 0 aliphatic carbocycles. The lowest BCUT2D eigenvalue weighted by molar-refractivity contribution is 0.415. The van der Waals surface area contributed by atoms with Gasteiger partial charge in [-0.3, -0.25) is 4.31 Å². The molecule has 0 saturated carbocycles. The van der Waals surface area contributed by atoms with E-state index in [2.05, 4.69) is 0 Å². The maximum Gasteiger partial charge on any atom is 0.265 e. The van der Waals surface area contributed by atoms with Crippen molar-refractivity contribution in [3.8, 4) is 5.75 Å². The van der Waals surface area contributed by atoms with Gasteiger partial charge < -0.3 is 4.74 Å². The van der Waals surface area contributed by atoms with Gasteiger partial charge in [0.05, 0.1) is 23.7 Å². The molecular formula is C20H16ClNO3S. The highest BCUT2D eigenvalue weighted by Gasteiger charge is 2.43. The number of halogens is 1. The van der Waals surface area contributed by atoms with Gasteiger partial charge in [0.1, 0.15) is 5.75 Å². The van der Waals surface area contributed by atoms with Crippen LogP contribution < -0.4 is 9.04 Å². The summed E-state index contributed by atoms with van der Waals surface area (Å²) in [5.74, 6) is 0.672. The molecule has 1 atom stereocenters. The lowest BCUT2D eigenvalue weighted by Crippen LogP contribution is -2.28. The number of hydrogen-bond donors (Lipinski definition) is 0. The minimum absolute atomic E-state index is 0.329. The second-order valence-corrected chi connectivity index (χ2v) is 8.21. The van der Waals surface area contributed by atoms with Crippen molar-refractivity contribution < 1.29 is 13.2 Å². The summed E-state index contributed by atoms with van der Waals surface area (Å²) in [6.07, 6.45) is 0. The fourth-order valence-electron chi connectivity index (χ4n) is 3.29. The van der Waals surface area contributed by atoms with Crippen molar-refractivity contribution in [2.75, 3.05) is 11.4 Å². The molecule has 0 spiro atoms. The SMILES string of the molecule is COc1ccc(N2C(c3ccc(Cl)cc3)c3ccccc3S2(=O)=O)cc1. The third-order valence-corrected chi connectivity index (χ3v) is 6.62. The van der Waals surface area contributed by atoms with Gasteiger partial charge >= 0.3 is 0 Å². The number of anilines is 1. The number of rotatable bonds is 3. The van der Waals surface area contributed by atoms with Crippen molar-refractivity contribution in [3.05, 3.63) is 88.9 Å². The van der Waals surface area contributed by atoms with E-state index < -0.39 is 16.1 Å². The average molecular weight is 386 g/mol. The van der Waals surface area contributed by atoms with Crippen molar-refractivity contribution in [2.45, 2.75) is 10.9 Å². The summed E-state index contributed by atoms with van der Waals surface area (Å²) in [6.45, 7) is 0. The van der Waals surface area contributed by atoms with E-state index in [0.717, 1.165) is 11.1 Å². The van der Waals surface area contributed by atoms with E-state index in [1.165, 1.54) is 4.31 Å². The maximum atomic E-state index is 13.3. The van der Waals surface area contributed by atoms with Crippen molar-refractivity contribution in [1.82, 2.24) is 0 Å². The fraction of sp³-hybridized carbons (Fsp3) is 0.100. The number of sulfonamides is 1. The Labute approximate surface area is 157 Å². The third-order valence-electron chi connectivity index (χ3n) is 4.50. The zero-order valence-electron chi connectivity index (χ0n) is 14.0. The predicted molar refractivity (Wildman–Crippen MR) is 102 cm³/mol. The molecule has 4 rings (SSSR count). The van der Waals surface area contributed by atoms with Crippen LogP contribution in [0.4, 0.5) is 5.69 Å². The highest BCUT2D eigenvalue weighted by Crippen LogP contribution is 2.46. The molecule has 0 N–H and O–H groups in total.